The number of nitrogens with zero attached hydrogens (tertiary/aromatic N) is 2. The first-order chi connectivity index (χ1) is 12.7. The number of piperidine rings is 1. The van der Waals surface area contributed by atoms with Gasteiger partial charge >= 0.3 is 0 Å². The summed E-state index contributed by atoms with van der Waals surface area (Å²) in [6.45, 7) is 7.65. The number of halogens is 1. The predicted octanol–water partition coefficient (Wildman–Crippen LogP) is 4.57. The Morgan fingerprint density at radius 2 is 1.81 bits per heavy atom. The summed E-state index contributed by atoms with van der Waals surface area (Å²) in [6, 6.07) is 4.01. The summed E-state index contributed by atoms with van der Waals surface area (Å²) in [5, 5.41) is -0.194. The minimum absolute atomic E-state index is 0.117. The highest BCUT2D eigenvalue weighted by Crippen LogP contribution is 2.38. The minimum Gasteiger partial charge on any atom is -0.439 e. The van der Waals surface area contributed by atoms with Crippen LogP contribution < -0.4 is 0 Å². The van der Waals surface area contributed by atoms with Crippen molar-refractivity contribution in [2.24, 2.45) is 0 Å². The smallest absolute Gasteiger partial charge is 0.200 e. The van der Waals surface area contributed by atoms with E-state index in [-0.39, 0.29) is 15.3 Å². The Morgan fingerprint density at radius 3 is 2.37 bits per heavy atom. The van der Waals surface area contributed by atoms with Crippen LogP contribution in [-0.2, 0) is 15.3 Å². The van der Waals surface area contributed by atoms with E-state index in [2.05, 4.69) is 9.88 Å². The molecule has 0 unspecified atom stereocenters. The van der Waals surface area contributed by atoms with Crippen LogP contribution in [0.1, 0.15) is 58.8 Å². The maximum atomic E-state index is 13.5. The molecular weight excluding hydrogens is 384 g/mol. The van der Waals surface area contributed by atoms with E-state index in [1.54, 1.807) is 12.1 Å². The van der Waals surface area contributed by atoms with Crippen LogP contribution in [0.3, 0.4) is 0 Å². The summed E-state index contributed by atoms with van der Waals surface area (Å²) in [5.74, 6) is 0.524. The Bertz CT molecular complexity index is 949. The van der Waals surface area contributed by atoms with E-state index in [0.29, 0.717) is 35.9 Å². The second-order valence-electron chi connectivity index (χ2n) is 8.86. The van der Waals surface area contributed by atoms with E-state index in [0.717, 1.165) is 13.1 Å². The third-order valence-corrected chi connectivity index (χ3v) is 8.65. The number of rotatable bonds is 3. The normalized spacial score (nSPS) is 20.9. The molecule has 0 amide bonds. The van der Waals surface area contributed by atoms with Crippen molar-refractivity contribution in [2.75, 3.05) is 13.1 Å². The summed E-state index contributed by atoms with van der Waals surface area (Å²) in [4.78, 5) is 7.07. The van der Waals surface area contributed by atoms with Gasteiger partial charge in [0.15, 0.2) is 15.4 Å². The molecule has 5 nitrogen and oxygen atoms in total. The molecule has 1 aromatic heterocycles. The van der Waals surface area contributed by atoms with Crippen LogP contribution >= 0.6 is 11.6 Å². The monoisotopic (exact) mass is 410 g/mol. The van der Waals surface area contributed by atoms with E-state index in [4.69, 9.17) is 16.0 Å². The quantitative estimate of drug-likeness (QED) is 0.741. The average molecular weight is 411 g/mol. The molecule has 0 radical (unpaired) electrons. The van der Waals surface area contributed by atoms with Crippen molar-refractivity contribution < 1.29 is 12.8 Å². The number of sulfone groups is 1. The van der Waals surface area contributed by atoms with E-state index in [1.165, 1.54) is 19.3 Å². The van der Waals surface area contributed by atoms with Crippen molar-refractivity contribution >= 4 is 32.5 Å². The van der Waals surface area contributed by atoms with Gasteiger partial charge in [-0.1, -0.05) is 38.8 Å². The number of hydrogen-bond donors (Lipinski definition) is 0. The topological polar surface area (TPSA) is 63.4 Å². The molecule has 2 fully saturated rings. The van der Waals surface area contributed by atoms with Gasteiger partial charge < -0.3 is 9.32 Å². The fourth-order valence-corrected chi connectivity index (χ4v) is 6.38. The molecule has 2 aromatic rings. The van der Waals surface area contributed by atoms with Gasteiger partial charge in [0.05, 0.1) is 10.3 Å². The van der Waals surface area contributed by atoms with E-state index < -0.39 is 15.1 Å². The van der Waals surface area contributed by atoms with E-state index in [1.807, 2.05) is 20.8 Å². The Morgan fingerprint density at radius 1 is 1.15 bits per heavy atom. The third kappa shape index (κ3) is 3.40. The molecule has 1 aliphatic carbocycles. The van der Waals surface area contributed by atoms with Gasteiger partial charge in [0, 0.05) is 11.5 Å². The zero-order chi connectivity index (χ0) is 19.4. The highest BCUT2D eigenvalue weighted by Gasteiger charge is 2.38. The van der Waals surface area contributed by atoms with Crippen molar-refractivity contribution in [1.29, 1.82) is 0 Å². The van der Waals surface area contributed by atoms with Crippen LogP contribution in [0, 0.1) is 0 Å². The second-order valence-corrected chi connectivity index (χ2v) is 11.4. The van der Waals surface area contributed by atoms with Crippen molar-refractivity contribution in [3.8, 4) is 0 Å². The van der Waals surface area contributed by atoms with Gasteiger partial charge in [-0.05, 0) is 50.9 Å². The first-order valence-corrected chi connectivity index (χ1v) is 11.7. The predicted molar refractivity (Wildman–Crippen MR) is 107 cm³/mol. The molecular formula is C20H27ClN2O3S. The van der Waals surface area contributed by atoms with Gasteiger partial charge in [0.2, 0.25) is 5.89 Å². The number of oxazole rings is 1. The fraction of sp³-hybridized carbons (Fsp3) is 0.650. The molecule has 1 saturated carbocycles. The van der Waals surface area contributed by atoms with Gasteiger partial charge in [-0.2, -0.15) is 0 Å². The Balaban J connectivity index is 1.68. The molecule has 27 heavy (non-hydrogen) atoms. The Hall–Kier alpha value is -1.11. The molecule has 1 saturated heterocycles. The van der Waals surface area contributed by atoms with Gasteiger partial charge in [0.25, 0.3) is 0 Å². The molecule has 148 valence electrons. The van der Waals surface area contributed by atoms with Crippen molar-refractivity contribution in [2.45, 2.75) is 74.5 Å². The van der Waals surface area contributed by atoms with Gasteiger partial charge in [0.1, 0.15) is 10.4 Å². The van der Waals surface area contributed by atoms with Crippen molar-refractivity contribution in [3.63, 3.8) is 0 Å². The first kappa shape index (κ1) is 19.2. The molecule has 4 rings (SSSR count). The number of aromatic nitrogens is 1. The number of likely N-dealkylation sites (tertiary alicyclic amines) is 1. The van der Waals surface area contributed by atoms with E-state index >= 15 is 0 Å². The third-order valence-electron chi connectivity index (χ3n) is 5.90. The lowest BCUT2D eigenvalue weighted by molar-refractivity contribution is 0.106. The fourth-order valence-electron chi connectivity index (χ4n) is 4.00. The molecule has 0 atom stereocenters. The summed E-state index contributed by atoms with van der Waals surface area (Å²) >= 11 is 6.36. The zero-order valence-corrected chi connectivity index (χ0v) is 17.7. The lowest BCUT2D eigenvalue weighted by atomic mass is 9.90. The molecule has 0 N–H and O–H groups in total. The summed E-state index contributed by atoms with van der Waals surface area (Å²) < 4.78 is 32.8. The van der Waals surface area contributed by atoms with E-state index in [9.17, 15) is 8.42 Å². The highest BCUT2D eigenvalue weighted by molar-refractivity contribution is 7.92. The summed E-state index contributed by atoms with van der Waals surface area (Å²) in [5.41, 5.74) is 0.546. The molecule has 1 aliphatic heterocycles. The first-order valence-electron chi connectivity index (χ1n) is 9.75. The van der Waals surface area contributed by atoms with Crippen molar-refractivity contribution in [1.82, 2.24) is 9.88 Å². The number of benzene rings is 1. The standard InChI is InChI=1S/C20H27ClN2O3S/c1-20(2,3)19-22-16-8-7-15(21)18(17(16)26-19)27(24,25)14-9-11-23(12-10-14)13-5-4-6-13/h7-8,13-14H,4-6,9-12H2,1-3H3. The molecule has 2 heterocycles. The minimum atomic E-state index is -3.58. The number of fused-ring (bicyclic) bond motifs is 1. The van der Waals surface area contributed by atoms with Crippen LogP contribution in [0.4, 0.5) is 0 Å². The number of hydrogen-bond acceptors (Lipinski definition) is 5. The van der Waals surface area contributed by atoms with Crippen molar-refractivity contribution in [3.05, 3.63) is 23.0 Å². The molecule has 2 aliphatic rings. The summed E-state index contributed by atoms with van der Waals surface area (Å²) in [7, 11) is -3.58. The molecule has 0 spiro atoms. The largest absolute Gasteiger partial charge is 0.439 e. The maximum absolute atomic E-state index is 13.5. The lowest BCUT2D eigenvalue weighted by Crippen LogP contribution is -2.47. The molecule has 0 bridgehead atoms. The Kier molecular flexibility index (Phi) is 4.80. The zero-order valence-electron chi connectivity index (χ0n) is 16.2. The second kappa shape index (κ2) is 6.75. The van der Waals surface area contributed by atoms with Gasteiger partial charge in [-0.25, -0.2) is 13.4 Å². The lowest BCUT2D eigenvalue weighted by Gasteiger charge is -2.41. The van der Waals surface area contributed by atoms with Crippen LogP contribution in [-0.4, -0.2) is 42.7 Å². The van der Waals surface area contributed by atoms with Crippen LogP contribution in [0.5, 0.6) is 0 Å². The molecule has 1 aromatic carbocycles. The molecule has 7 heteroatoms. The summed E-state index contributed by atoms with van der Waals surface area (Å²) in [6.07, 6.45) is 5.08. The van der Waals surface area contributed by atoms with Gasteiger partial charge in [-0.3, -0.25) is 0 Å². The Labute approximate surface area is 166 Å². The van der Waals surface area contributed by atoms with Gasteiger partial charge in [-0.15, -0.1) is 0 Å². The van der Waals surface area contributed by atoms with Crippen LogP contribution in [0.25, 0.3) is 11.1 Å². The highest BCUT2D eigenvalue weighted by atomic mass is 35.5. The van der Waals surface area contributed by atoms with Crippen LogP contribution in [0.15, 0.2) is 21.4 Å². The average Bonchev–Trinajstić information content (AvgIpc) is 2.97. The van der Waals surface area contributed by atoms with Crippen LogP contribution in [0.2, 0.25) is 5.02 Å². The maximum Gasteiger partial charge on any atom is 0.200 e. The SMILES string of the molecule is CC(C)(C)c1nc2ccc(Cl)c(S(=O)(=O)C3CCN(C4CCC4)CC3)c2o1.